The summed E-state index contributed by atoms with van der Waals surface area (Å²) >= 11 is 0. The maximum absolute atomic E-state index is 13.6. The maximum atomic E-state index is 13.6. The summed E-state index contributed by atoms with van der Waals surface area (Å²) in [4.78, 5) is 48.2. The van der Waals surface area contributed by atoms with Gasteiger partial charge in [-0.1, -0.05) is 58.0 Å². The Morgan fingerprint density at radius 2 is 1.81 bits per heavy atom. The number of fused-ring (bicyclic) bond motifs is 1. The molecule has 0 aliphatic carbocycles. The molecule has 2 aliphatic heterocycles. The van der Waals surface area contributed by atoms with E-state index in [1.54, 1.807) is 16.8 Å². The van der Waals surface area contributed by atoms with Gasteiger partial charge in [0.25, 0.3) is 5.91 Å². The van der Waals surface area contributed by atoms with Crippen molar-refractivity contribution in [2.45, 2.75) is 78.1 Å². The van der Waals surface area contributed by atoms with Crippen LogP contribution in [0, 0.1) is 11.8 Å². The Labute approximate surface area is 213 Å². The molecule has 2 heterocycles. The molecule has 0 bridgehead atoms. The van der Waals surface area contributed by atoms with E-state index in [2.05, 4.69) is 5.32 Å². The molecule has 36 heavy (non-hydrogen) atoms. The number of rotatable bonds is 9. The minimum absolute atomic E-state index is 0.0630. The molecule has 2 fully saturated rings. The first-order chi connectivity index (χ1) is 17.1. The lowest BCUT2D eigenvalue weighted by atomic mass is 9.94. The van der Waals surface area contributed by atoms with Crippen LogP contribution in [0.2, 0.25) is 0 Å². The Kier molecular flexibility index (Phi) is 9.69. The lowest BCUT2D eigenvalue weighted by Gasteiger charge is -2.55. The number of ether oxygens (including phenoxy) is 1. The molecule has 1 aromatic carbocycles. The zero-order chi connectivity index (χ0) is 26.4. The molecule has 200 valence electrons. The van der Waals surface area contributed by atoms with Gasteiger partial charge in [0, 0.05) is 26.6 Å². The Hall–Kier alpha value is -2.69. The summed E-state index contributed by atoms with van der Waals surface area (Å²) in [6, 6.07) is 8.76. The number of nitrogens with zero attached hydrogens (tertiary/aromatic N) is 3. The topological polar surface area (TPSA) is 112 Å². The van der Waals surface area contributed by atoms with E-state index in [4.69, 9.17) is 9.57 Å². The number of hydrogen-bond donors (Lipinski definition) is 2. The Morgan fingerprint density at radius 1 is 1.14 bits per heavy atom. The number of amides is 3. The number of benzene rings is 1. The molecule has 0 aromatic heterocycles. The van der Waals surface area contributed by atoms with Crippen LogP contribution < -0.4 is 5.32 Å². The summed E-state index contributed by atoms with van der Waals surface area (Å²) in [5, 5.41) is 15.0. The molecule has 3 amide bonds. The number of carbonyl (C=O) groups excluding carboxylic acids is 3. The molecule has 0 radical (unpaired) electrons. The maximum Gasteiger partial charge on any atom is 0.436 e. The predicted molar refractivity (Wildman–Crippen MR) is 133 cm³/mol. The third-order valence-electron chi connectivity index (χ3n) is 6.52. The van der Waals surface area contributed by atoms with Gasteiger partial charge in [-0.25, -0.2) is 4.79 Å². The first-order valence-electron chi connectivity index (χ1n) is 12.7. The number of piperazine rings is 1. The molecule has 2 unspecified atom stereocenters. The highest BCUT2D eigenvalue weighted by Gasteiger charge is 2.53. The summed E-state index contributed by atoms with van der Waals surface area (Å²) in [6.45, 7) is 8.48. The zero-order valence-electron chi connectivity index (χ0n) is 21.9. The van der Waals surface area contributed by atoms with Crippen molar-refractivity contribution in [3.8, 4) is 0 Å². The van der Waals surface area contributed by atoms with E-state index < -0.39 is 30.6 Å². The first kappa shape index (κ1) is 27.9. The van der Waals surface area contributed by atoms with Crippen LogP contribution in [0.25, 0.3) is 0 Å². The van der Waals surface area contributed by atoms with Gasteiger partial charge in [-0.2, -0.15) is 5.06 Å². The largest absolute Gasteiger partial charge is 0.443 e. The third-order valence-corrected chi connectivity index (χ3v) is 6.52. The van der Waals surface area contributed by atoms with Gasteiger partial charge >= 0.3 is 6.09 Å². The molecule has 1 aromatic rings. The molecule has 0 spiro atoms. The van der Waals surface area contributed by atoms with Gasteiger partial charge in [-0.05, 0) is 30.2 Å². The van der Waals surface area contributed by atoms with Crippen molar-refractivity contribution in [2.24, 2.45) is 11.8 Å². The van der Waals surface area contributed by atoms with Crippen molar-refractivity contribution in [3.05, 3.63) is 35.9 Å². The molecule has 2 saturated heterocycles. The van der Waals surface area contributed by atoms with Gasteiger partial charge in [-0.15, -0.1) is 0 Å². The lowest BCUT2D eigenvalue weighted by Crippen LogP contribution is -2.74. The van der Waals surface area contributed by atoms with E-state index in [1.807, 2.05) is 58.0 Å². The van der Waals surface area contributed by atoms with Crippen LogP contribution in [-0.2, 0) is 25.8 Å². The van der Waals surface area contributed by atoms with Crippen molar-refractivity contribution in [1.82, 2.24) is 20.2 Å². The normalized spacial score (nSPS) is 24.7. The van der Waals surface area contributed by atoms with Crippen molar-refractivity contribution < 1.29 is 29.1 Å². The number of carbonyl (C=O) groups is 3. The second-order valence-corrected chi connectivity index (χ2v) is 10.3. The molecule has 3 rings (SSSR count). The van der Waals surface area contributed by atoms with Gasteiger partial charge < -0.3 is 20.1 Å². The minimum atomic E-state index is -0.975. The summed E-state index contributed by atoms with van der Waals surface area (Å²) in [7, 11) is 1.56. The Morgan fingerprint density at radius 3 is 2.42 bits per heavy atom. The summed E-state index contributed by atoms with van der Waals surface area (Å²) in [5.41, 5.74) is 0.832. The molecular weight excluding hydrogens is 464 g/mol. The third kappa shape index (κ3) is 6.74. The second kappa shape index (κ2) is 12.5. The fourth-order valence-corrected chi connectivity index (χ4v) is 4.76. The molecule has 2 N–H and O–H groups in total. The molecular formula is C26H40N4O6. The van der Waals surface area contributed by atoms with Crippen molar-refractivity contribution in [1.29, 1.82) is 0 Å². The Bertz CT molecular complexity index is 896. The lowest BCUT2D eigenvalue weighted by molar-refractivity contribution is -0.286. The van der Waals surface area contributed by atoms with E-state index in [9.17, 15) is 19.5 Å². The summed E-state index contributed by atoms with van der Waals surface area (Å²) in [6.07, 6.45) is -2.18. The van der Waals surface area contributed by atoms with Crippen LogP contribution in [0.15, 0.2) is 30.3 Å². The van der Waals surface area contributed by atoms with Crippen LogP contribution in [-0.4, -0.2) is 82.6 Å². The highest BCUT2D eigenvalue weighted by molar-refractivity contribution is 5.83. The number of hydroxylamine groups is 2. The fourth-order valence-electron chi connectivity index (χ4n) is 4.76. The minimum Gasteiger partial charge on any atom is -0.443 e. The SMILES string of the molecule is CNC(=O)CCN1CC2N(C(=O)OCc3ccccc3)O[C@H](CC(C)C)C(=O)N2[C@@H](CC(C)C)C1O. The van der Waals surface area contributed by atoms with Gasteiger partial charge in [-0.3, -0.25) is 19.3 Å². The van der Waals surface area contributed by atoms with Crippen molar-refractivity contribution in [3.63, 3.8) is 0 Å². The summed E-state index contributed by atoms with van der Waals surface area (Å²) < 4.78 is 5.58. The molecule has 0 saturated carbocycles. The highest BCUT2D eigenvalue weighted by atomic mass is 16.7. The molecule has 2 aliphatic rings. The van der Waals surface area contributed by atoms with Crippen molar-refractivity contribution in [2.75, 3.05) is 20.1 Å². The van der Waals surface area contributed by atoms with Crippen LogP contribution in [0.4, 0.5) is 4.79 Å². The predicted octanol–water partition coefficient (Wildman–Crippen LogP) is 2.32. The van der Waals surface area contributed by atoms with Gasteiger partial charge in [0.15, 0.2) is 6.10 Å². The average molecular weight is 505 g/mol. The van der Waals surface area contributed by atoms with Gasteiger partial charge in [0.05, 0.1) is 6.04 Å². The fraction of sp³-hybridized carbons (Fsp3) is 0.654. The quantitative estimate of drug-likeness (QED) is 0.531. The van der Waals surface area contributed by atoms with E-state index in [-0.39, 0.29) is 49.8 Å². The average Bonchev–Trinajstić information content (AvgIpc) is 2.84. The standard InChI is InChI=1S/C26H40N4O6/c1-17(2)13-20-24(32)28(12-11-22(31)27-5)15-23-29(20)25(33)21(14-18(3)4)36-30(23)26(34)35-16-19-9-7-6-8-10-19/h6-10,17-18,20-21,23-24,32H,11-16H2,1-5H3,(H,27,31)/t20-,21+,23?,24?/m0/s1. The summed E-state index contributed by atoms with van der Waals surface area (Å²) in [5.74, 6) is -0.0598. The number of aliphatic hydroxyl groups excluding tert-OH is 1. The zero-order valence-corrected chi connectivity index (χ0v) is 21.9. The smallest absolute Gasteiger partial charge is 0.436 e. The number of hydrogen-bond acceptors (Lipinski definition) is 7. The molecule has 10 nitrogen and oxygen atoms in total. The second-order valence-electron chi connectivity index (χ2n) is 10.3. The number of nitrogens with one attached hydrogen (secondary N) is 1. The van der Waals surface area contributed by atoms with Crippen LogP contribution in [0.1, 0.15) is 52.5 Å². The van der Waals surface area contributed by atoms with Crippen LogP contribution >= 0.6 is 0 Å². The highest BCUT2D eigenvalue weighted by Crippen LogP contribution is 2.34. The number of aliphatic hydroxyl groups is 1. The monoisotopic (exact) mass is 504 g/mol. The van der Waals surface area contributed by atoms with E-state index >= 15 is 0 Å². The van der Waals surface area contributed by atoms with Gasteiger partial charge in [0.1, 0.15) is 19.0 Å². The van der Waals surface area contributed by atoms with Crippen LogP contribution in [0.5, 0.6) is 0 Å². The van der Waals surface area contributed by atoms with E-state index in [0.29, 0.717) is 12.8 Å². The molecule has 10 heteroatoms. The van der Waals surface area contributed by atoms with E-state index in [1.165, 1.54) is 0 Å². The Balaban J connectivity index is 1.90. The first-order valence-corrected chi connectivity index (χ1v) is 12.7. The van der Waals surface area contributed by atoms with Gasteiger partial charge in [0.2, 0.25) is 5.91 Å². The van der Waals surface area contributed by atoms with E-state index in [0.717, 1.165) is 10.6 Å². The van der Waals surface area contributed by atoms with Crippen molar-refractivity contribution >= 4 is 17.9 Å². The molecule has 4 atom stereocenters. The van der Waals surface area contributed by atoms with Crippen LogP contribution in [0.3, 0.4) is 0 Å².